The third-order valence-electron chi connectivity index (χ3n) is 10.5. The molecule has 8 nitrogen and oxygen atoms in total. The van der Waals surface area contributed by atoms with E-state index in [4.69, 9.17) is 16.3 Å². The first-order chi connectivity index (χ1) is 21.1. The fourth-order valence-corrected chi connectivity index (χ4v) is 8.08. The largest absolute Gasteiger partial charge is 0.484 e. The number of carbonyl (C=O) groups is 2. The number of alkyl halides is 2. The minimum absolute atomic E-state index is 0.00695. The lowest BCUT2D eigenvalue weighted by Crippen LogP contribution is -2.76. The van der Waals surface area contributed by atoms with Gasteiger partial charge in [-0.3, -0.25) is 9.59 Å². The third-order valence-corrected chi connectivity index (χ3v) is 10.8. The molecule has 3 atom stereocenters. The second-order valence-electron chi connectivity index (χ2n) is 13.5. The van der Waals surface area contributed by atoms with Crippen LogP contribution in [-0.2, 0) is 9.59 Å². The van der Waals surface area contributed by atoms with Crippen molar-refractivity contribution in [1.29, 1.82) is 0 Å². The molecule has 1 aromatic carbocycles. The third kappa shape index (κ3) is 7.48. The van der Waals surface area contributed by atoms with Crippen molar-refractivity contribution in [3.8, 4) is 5.75 Å². The molecule has 5 N–H and O–H groups in total. The maximum absolute atomic E-state index is 14.0. The van der Waals surface area contributed by atoms with Gasteiger partial charge in [0.1, 0.15) is 17.6 Å². The summed E-state index contributed by atoms with van der Waals surface area (Å²) in [7, 11) is 0. The number of hydrogen-bond donors (Lipinski definition) is 5. The Morgan fingerprint density at radius 3 is 2.20 bits per heavy atom. The van der Waals surface area contributed by atoms with Crippen molar-refractivity contribution in [2.45, 2.75) is 138 Å². The molecule has 5 aliphatic rings. The highest BCUT2D eigenvalue weighted by Crippen LogP contribution is 2.47. The lowest BCUT2D eigenvalue weighted by atomic mass is 9.59. The molecule has 1 heterocycles. The zero-order valence-electron chi connectivity index (χ0n) is 25.2. The van der Waals surface area contributed by atoms with Gasteiger partial charge in [-0.05, 0) is 57.1 Å². The van der Waals surface area contributed by atoms with Gasteiger partial charge in [-0.1, -0.05) is 63.0 Å². The predicted molar refractivity (Wildman–Crippen MR) is 161 cm³/mol. The van der Waals surface area contributed by atoms with Crippen molar-refractivity contribution in [2.75, 3.05) is 13.2 Å². The number of piperazine rings is 1. The van der Waals surface area contributed by atoms with Crippen LogP contribution in [0.2, 0.25) is 5.02 Å². The monoisotopic (exact) mass is 642 g/mol. The highest BCUT2D eigenvalue weighted by atomic mass is 35.5. The highest BCUT2D eigenvalue weighted by Gasteiger charge is 2.57. The van der Waals surface area contributed by atoms with E-state index in [-0.39, 0.29) is 36.3 Å². The molecule has 0 radical (unpaired) electrons. The molecule has 246 valence electrons. The topological polar surface area (TPSA) is 112 Å². The molecule has 4 aliphatic carbocycles. The van der Waals surface area contributed by atoms with Crippen LogP contribution in [0, 0.1) is 5.82 Å². The Morgan fingerprint density at radius 2 is 1.61 bits per heavy atom. The summed E-state index contributed by atoms with van der Waals surface area (Å²) in [5, 5.41) is 23.9. The van der Waals surface area contributed by atoms with Gasteiger partial charge >= 0.3 is 0 Å². The Bertz CT molecular complexity index is 1150. The van der Waals surface area contributed by atoms with Crippen LogP contribution in [0.15, 0.2) is 18.2 Å². The number of nitrogens with one attached hydrogen (secondary N) is 4. The smallest absolute Gasteiger partial charge is 0.258 e. The van der Waals surface area contributed by atoms with Crippen LogP contribution >= 0.6 is 11.6 Å². The van der Waals surface area contributed by atoms with Crippen molar-refractivity contribution >= 4 is 23.4 Å². The summed E-state index contributed by atoms with van der Waals surface area (Å²) in [6.45, 7) is -0.341. The van der Waals surface area contributed by atoms with Gasteiger partial charge < -0.3 is 31.1 Å². The van der Waals surface area contributed by atoms with Crippen LogP contribution in [0.25, 0.3) is 0 Å². The average molecular weight is 643 g/mol. The number of rotatable bonds is 7. The Kier molecular flexibility index (Phi) is 10.7. The molecular formula is C32H46ClF3N4O4. The van der Waals surface area contributed by atoms with E-state index in [0.29, 0.717) is 38.5 Å². The van der Waals surface area contributed by atoms with E-state index in [2.05, 4.69) is 21.3 Å². The molecule has 1 spiro atoms. The Balaban J connectivity index is 1.22. The minimum atomic E-state index is -2.53. The molecule has 2 bridgehead atoms. The zero-order chi connectivity index (χ0) is 31.4. The van der Waals surface area contributed by atoms with Gasteiger partial charge in [-0.2, -0.15) is 0 Å². The van der Waals surface area contributed by atoms with Gasteiger partial charge in [0, 0.05) is 23.7 Å². The molecule has 3 unspecified atom stereocenters. The first-order valence-electron chi connectivity index (χ1n) is 16.2. The normalized spacial score (nSPS) is 32.5. The molecular weight excluding hydrogens is 597 g/mol. The van der Waals surface area contributed by atoms with Gasteiger partial charge in [0.05, 0.1) is 22.7 Å². The van der Waals surface area contributed by atoms with E-state index in [1.54, 1.807) is 0 Å². The van der Waals surface area contributed by atoms with Gasteiger partial charge in [0.15, 0.2) is 6.61 Å². The van der Waals surface area contributed by atoms with Crippen LogP contribution in [0.5, 0.6) is 5.75 Å². The number of fused-ring (bicyclic) bond motifs is 3. The molecule has 0 aromatic heterocycles. The number of halogens is 4. The summed E-state index contributed by atoms with van der Waals surface area (Å²) in [4.78, 5) is 26.8. The SMILES string of the molecule is O=C(COc1ccc(Cl)c(F)c1)NC12CCC(NC(=O)C3NCC(C(F)F)NC34CCCCCCCCCC4)(CC1)CC2O. The number of carbonyl (C=O) groups excluding carboxylic acids is 2. The van der Waals surface area contributed by atoms with Crippen molar-refractivity contribution in [1.82, 2.24) is 21.3 Å². The second-order valence-corrected chi connectivity index (χ2v) is 13.9. The van der Waals surface area contributed by atoms with E-state index in [0.717, 1.165) is 44.6 Å². The molecule has 1 saturated heterocycles. The lowest BCUT2D eigenvalue weighted by Gasteiger charge is -2.57. The first kappa shape index (κ1) is 33.3. The van der Waals surface area contributed by atoms with E-state index in [1.165, 1.54) is 25.0 Å². The fraction of sp³-hybridized carbons (Fsp3) is 0.750. The molecule has 5 fully saturated rings. The lowest BCUT2D eigenvalue weighted by molar-refractivity contribution is -0.139. The molecule has 1 aromatic rings. The van der Waals surface area contributed by atoms with Crippen molar-refractivity contribution in [3.05, 3.63) is 29.0 Å². The fourth-order valence-electron chi connectivity index (χ4n) is 7.96. The molecule has 2 amide bonds. The number of aliphatic hydroxyl groups is 1. The van der Waals surface area contributed by atoms with Crippen LogP contribution in [-0.4, -0.2) is 71.3 Å². The zero-order valence-corrected chi connectivity index (χ0v) is 26.0. The number of hydrogen-bond acceptors (Lipinski definition) is 6. The van der Waals surface area contributed by atoms with E-state index >= 15 is 0 Å². The summed E-state index contributed by atoms with van der Waals surface area (Å²) in [6.07, 6.45) is 8.57. The maximum Gasteiger partial charge on any atom is 0.258 e. The van der Waals surface area contributed by atoms with Crippen molar-refractivity contribution < 1.29 is 32.6 Å². The molecule has 4 saturated carbocycles. The Labute approximate surface area is 262 Å². The summed E-state index contributed by atoms with van der Waals surface area (Å²) >= 11 is 5.70. The first-order valence-corrected chi connectivity index (χ1v) is 16.6. The van der Waals surface area contributed by atoms with Gasteiger partial charge in [0.2, 0.25) is 5.91 Å². The van der Waals surface area contributed by atoms with Crippen LogP contribution in [0.1, 0.15) is 96.3 Å². The summed E-state index contributed by atoms with van der Waals surface area (Å²) in [5.41, 5.74) is -2.25. The minimum Gasteiger partial charge on any atom is -0.484 e. The Hall–Kier alpha value is -2.08. The molecule has 6 rings (SSSR count). The summed E-state index contributed by atoms with van der Waals surface area (Å²) < 4.78 is 47.0. The van der Waals surface area contributed by atoms with Gasteiger partial charge in [-0.25, -0.2) is 13.2 Å². The second kappa shape index (κ2) is 14.1. The van der Waals surface area contributed by atoms with E-state index < -0.39 is 53.0 Å². The number of benzene rings is 1. The highest BCUT2D eigenvalue weighted by molar-refractivity contribution is 6.30. The molecule has 1 aliphatic heterocycles. The van der Waals surface area contributed by atoms with E-state index in [1.807, 2.05) is 0 Å². The summed E-state index contributed by atoms with van der Waals surface area (Å²) in [5.74, 6) is -1.12. The maximum atomic E-state index is 14.0. The van der Waals surface area contributed by atoms with Crippen molar-refractivity contribution in [3.63, 3.8) is 0 Å². The van der Waals surface area contributed by atoms with Crippen LogP contribution < -0.4 is 26.0 Å². The average Bonchev–Trinajstić information content (AvgIpc) is 3.04. The van der Waals surface area contributed by atoms with Gasteiger partial charge in [0.25, 0.3) is 12.3 Å². The van der Waals surface area contributed by atoms with Crippen LogP contribution in [0.4, 0.5) is 13.2 Å². The van der Waals surface area contributed by atoms with E-state index in [9.17, 15) is 27.9 Å². The molecule has 12 heteroatoms. The Morgan fingerprint density at radius 1 is 0.977 bits per heavy atom. The number of aliphatic hydroxyl groups excluding tert-OH is 1. The molecule has 44 heavy (non-hydrogen) atoms. The number of ether oxygens (including phenoxy) is 1. The van der Waals surface area contributed by atoms with Crippen LogP contribution in [0.3, 0.4) is 0 Å². The predicted octanol–water partition coefficient (Wildman–Crippen LogP) is 4.76. The standard InChI is InChI=1S/C32H46ClF3N4O4/c33-22-10-9-21(17-23(22)34)44-20-26(42)39-31-15-13-30(14-16-31,18-25(31)41)40-29(43)27-32(38-24(19-37-27)28(35)36)11-7-5-3-1-2-4-6-8-12-32/h9-10,17,24-25,27-28,37-38,41H,1-8,11-16,18-20H2,(H,39,42)(H,40,43). The summed E-state index contributed by atoms with van der Waals surface area (Å²) in [6, 6.07) is 2.26. The van der Waals surface area contributed by atoms with Crippen molar-refractivity contribution in [2.24, 2.45) is 0 Å². The number of amides is 2. The van der Waals surface area contributed by atoms with Gasteiger partial charge in [-0.15, -0.1) is 0 Å². The quantitative estimate of drug-likeness (QED) is 0.294.